The summed E-state index contributed by atoms with van der Waals surface area (Å²) in [7, 11) is 0. The first-order valence-electron chi connectivity index (χ1n) is 4.82. The van der Waals surface area contributed by atoms with Gasteiger partial charge in [0, 0.05) is 11.0 Å². The molecule has 0 saturated heterocycles. The zero-order valence-electron chi connectivity index (χ0n) is 8.59. The first-order chi connectivity index (χ1) is 6.67. The molecule has 0 aliphatic rings. The molecule has 1 atom stereocenters. The van der Waals surface area contributed by atoms with Crippen LogP contribution in [0.4, 0.5) is 0 Å². The molecule has 1 rings (SSSR count). The van der Waals surface area contributed by atoms with Gasteiger partial charge in [-0.3, -0.25) is 0 Å². The van der Waals surface area contributed by atoms with Crippen molar-refractivity contribution in [3.05, 3.63) is 28.2 Å². The van der Waals surface area contributed by atoms with E-state index in [-0.39, 0.29) is 6.10 Å². The van der Waals surface area contributed by atoms with E-state index >= 15 is 0 Å². The Bertz CT molecular complexity index is 301. The molecule has 78 valence electrons. The quantitative estimate of drug-likeness (QED) is 0.901. The Morgan fingerprint density at radius 3 is 2.79 bits per heavy atom. The summed E-state index contributed by atoms with van der Waals surface area (Å²) in [6.07, 6.45) is 1.04. The second-order valence-corrected chi connectivity index (χ2v) is 4.19. The number of nitrogens with two attached hydrogens (primary N) is 1. The number of hydrogen-bond donors (Lipinski definition) is 1. The summed E-state index contributed by atoms with van der Waals surface area (Å²) >= 11 is 3.44. The molecule has 0 fully saturated rings. The highest BCUT2D eigenvalue weighted by atomic mass is 79.9. The maximum Gasteiger partial charge on any atom is 0.123 e. The van der Waals surface area contributed by atoms with Crippen molar-refractivity contribution >= 4 is 15.9 Å². The van der Waals surface area contributed by atoms with Crippen molar-refractivity contribution in [2.24, 2.45) is 5.73 Å². The molecular formula is C11H16BrNO. The Kier molecular flexibility index (Phi) is 4.42. The van der Waals surface area contributed by atoms with Crippen LogP contribution in [0, 0.1) is 0 Å². The van der Waals surface area contributed by atoms with E-state index in [9.17, 15) is 0 Å². The predicted molar refractivity (Wildman–Crippen MR) is 62.7 cm³/mol. The van der Waals surface area contributed by atoms with Crippen molar-refractivity contribution < 1.29 is 4.74 Å². The molecule has 0 amide bonds. The first-order valence-corrected chi connectivity index (χ1v) is 5.61. The third kappa shape index (κ3) is 3.00. The average molecular weight is 258 g/mol. The van der Waals surface area contributed by atoms with E-state index in [2.05, 4.69) is 28.9 Å². The van der Waals surface area contributed by atoms with E-state index < -0.39 is 0 Å². The average Bonchev–Trinajstić information content (AvgIpc) is 2.20. The largest absolute Gasteiger partial charge is 0.489 e. The van der Waals surface area contributed by atoms with E-state index in [1.807, 2.05) is 19.1 Å². The van der Waals surface area contributed by atoms with Crippen molar-refractivity contribution in [2.75, 3.05) is 6.54 Å². The van der Waals surface area contributed by atoms with Crippen molar-refractivity contribution in [3.8, 4) is 5.75 Å². The minimum atomic E-state index is 0.0708. The summed E-state index contributed by atoms with van der Waals surface area (Å²) in [6.45, 7) is 4.63. The summed E-state index contributed by atoms with van der Waals surface area (Å²) in [5.74, 6) is 0.939. The molecule has 2 nitrogen and oxygen atoms in total. The van der Waals surface area contributed by atoms with E-state index in [0.29, 0.717) is 6.54 Å². The van der Waals surface area contributed by atoms with Gasteiger partial charge in [0.2, 0.25) is 0 Å². The fourth-order valence-corrected chi connectivity index (χ4v) is 1.61. The SMILES string of the molecule is CCc1cc(Br)ccc1OC(C)CN. The molecule has 0 aliphatic heterocycles. The van der Waals surface area contributed by atoms with E-state index in [1.165, 1.54) is 5.56 Å². The molecule has 0 spiro atoms. The van der Waals surface area contributed by atoms with E-state index in [1.54, 1.807) is 0 Å². The lowest BCUT2D eigenvalue weighted by Crippen LogP contribution is -2.23. The Labute approximate surface area is 93.6 Å². The maximum absolute atomic E-state index is 5.69. The van der Waals surface area contributed by atoms with Gasteiger partial charge in [-0.05, 0) is 37.1 Å². The molecule has 1 aromatic carbocycles. The summed E-state index contributed by atoms with van der Waals surface area (Å²) < 4.78 is 6.78. The van der Waals surface area contributed by atoms with Gasteiger partial charge in [0.15, 0.2) is 0 Å². The van der Waals surface area contributed by atoms with Crippen molar-refractivity contribution in [1.82, 2.24) is 0 Å². The standard InChI is InChI=1S/C11H16BrNO/c1-3-9-6-10(12)4-5-11(9)14-8(2)7-13/h4-6,8H,3,7,13H2,1-2H3. The van der Waals surface area contributed by atoms with Crippen LogP contribution < -0.4 is 10.5 Å². The highest BCUT2D eigenvalue weighted by molar-refractivity contribution is 9.10. The molecule has 0 aromatic heterocycles. The topological polar surface area (TPSA) is 35.2 Å². The third-order valence-electron chi connectivity index (χ3n) is 2.06. The van der Waals surface area contributed by atoms with E-state index in [0.717, 1.165) is 16.6 Å². The highest BCUT2D eigenvalue weighted by Crippen LogP contribution is 2.24. The Balaban J connectivity index is 2.85. The molecule has 3 heteroatoms. The number of rotatable bonds is 4. The van der Waals surface area contributed by atoms with Crippen LogP contribution in [0.3, 0.4) is 0 Å². The molecule has 0 saturated carbocycles. The van der Waals surface area contributed by atoms with Crippen LogP contribution in [0.2, 0.25) is 0 Å². The summed E-state index contributed by atoms with van der Waals surface area (Å²) in [5, 5.41) is 0. The van der Waals surface area contributed by atoms with Gasteiger partial charge in [0.1, 0.15) is 11.9 Å². The molecule has 14 heavy (non-hydrogen) atoms. The fourth-order valence-electron chi connectivity index (χ4n) is 1.20. The first kappa shape index (κ1) is 11.5. The van der Waals surface area contributed by atoms with Gasteiger partial charge in [-0.2, -0.15) is 0 Å². The molecular weight excluding hydrogens is 242 g/mol. The zero-order valence-corrected chi connectivity index (χ0v) is 10.2. The predicted octanol–water partition coefficient (Wildman–Crippen LogP) is 2.74. The molecule has 0 aliphatic carbocycles. The number of hydrogen-bond acceptors (Lipinski definition) is 2. The lowest BCUT2D eigenvalue weighted by molar-refractivity contribution is 0.228. The van der Waals surface area contributed by atoms with Gasteiger partial charge < -0.3 is 10.5 Å². The van der Waals surface area contributed by atoms with Crippen molar-refractivity contribution in [2.45, 2.75) is 26.4 Å². The van der Waals surface area contributed by atoms with Crippen molar-refractivity contribution in [3.63, 3.8) is 0 Å². The minimum Gasteiger partial charge on any atom is -0.489 e. The Morgan fingerprint density at radius 1 is 1.50 bits per heavy atom. The molecule has 0 heterocycles. The molecule has 2 N–H and O–H groups in total. The molecule has 1 aromatic rings. The Hall–Kier alpha value is -0.540. The zero-order chi connectivity index (χ0) is 10.6. The second kappa shape index (κ2) is 5.37. The van der Waals surface area contributed by atoms with Gasteiger partial charge in [-0.1, -0.05) is 22.9 Å². The monoisotopic (exact) mass is 257 g/mol. The van der Waals surface area contributed by atoms with Crippen LogP contribution in [0.5, 0.6) is 5.75 Å². The highest BCUT2D eigenvalue weighted by Gasteiger charge is 2.06. The van der Waals surface area contributed by atoms with E-state index in [4.69, 9.17) is 10.5 Å². The number of halogens is 1. The van der Waals surface area contributed by atoms with Crippen LogP contribution in [0.25, 0.3) is 0 Å². The van der Waals surface area contributed by atoms with Crippen LogP contribution >= 0.6 is 15.9 Å². The number of aryl methyl sites for hydroxylation is 1. The minimum absolute atomic E-state index is 0.0708. The lowest BCUT2D eigenvalue weighted by atomic mass is 10.1. The number of ether oxygens (including phenoxy) is 1. The molecule has 0 bridgehead atoms. The van der Waals surface area contributed by atoms with Crippen LogP contribution in [0.15, 0.2) is 22.7 Å². The lowest BCUT2D eigenvalue weighted by Gasteiger charge is -2.15. The van der Waals surface area contributed by atoms with Crippen LogP contribution in [-0.2, 0) is 6.42 Å². The summed E-state index contributed by atoms with van der Waals surface area (Å²) in [6, 6.07) is 6.05. The molecule has 0 radical (unpaired) electrons. The van der Waals surface area contributed by atoms with Gasteiger partial charge in [-0.15, -0.1) is 0 Å². The summed E-state index contributed by atoms with van der Waals surface area (Å²) in [4.78, 5) is 0. The molecule has 1 unspecified atom stereocenters. The normalized spacial score (nSPS) is 12.6. The fraction of sp³-hybridized carbons (Fsp3) is 0.455. The van der Waals surface area contributed by atoms with Crippen LogP contribution in [-0.4, -0.2) is 12.6 Å². The van der Waals surface area contributed by atoms with Gasteiger partial charge in [0.25, 0.3) is 0 Å². The third-order valence-corrected chi connectivity index (χ3v) is 2.56. The number of benzene rings is 1. The Morgan fingerprint density at radius 2 is 2.21 bits per heavy atom. The van der Waals surface area contributed by atoms with Gasteiger partial charge in [-0.25, -0.2) is 0 Å². The maximum atomic E-state index is 5.69. The summed E-state index contributed by atoms with van der Waals surface area (Å²) in [5.41, 5.74) is 6.72. The van der Waals surface area contributed by atoms with Crippen molar-refractivity contribution in [1.29, 1.82) is 0 Å². The van der Waals surface area contributed by atoms with Gasteiger partial charge in [0.05, 0.1) is 0 Å². The second-order valence-electron chi connectivity index (χ2n) is 3.27. The van der Waals surface area contributed by atoms with Crippen LogP contribution in [0.1, 0.15) is 19.4 Å². The smallest absolute Gasteiger partial charge is 0.123 e. The van der Waals surface area contributed by atoms with Gasteiger partial charge >= 0.3 is 0 Å².